The van der Waals surface area contributed by atoms with Crippen molar-refractivity contribution in [3.63, 3.8) is 0 Å². The number of methoxy groups -OCH3 is 1. The minimum atomic E-state index is -0.547. The Bertz CT molecular complexity index is 635. The number of esters is 1. The molecule has 6 heteroatoms. The maximum absolute atomic E-state index is 12.3. The summed E-state index contributed by atoms with van der Waals surface area (Å²) in [5.74, 6) is 1.75. The van der Waals surface area contributed by atoms with Crippen LogP contribution in [0, 0.1) is 0 Å². The number of ether oxygens (including phenoxy) is 1. The minimum absolute atomic E-state index is 0.0577. The second-order valence-corrected chi connectivity index (χ2v) is 8.21. The Morgan fingerprint density at radius 2 is 2.14 bits per heavy atom. The molecular weight excluding hydrogens is 374 g/mol. The summed E-state index contributed by atoms with van der Waals surface area (Å²) in [5, 5.41) is 10.3. The first-order chi connectivity index (χ1) is 13.6. The number of benzene rings is 1. The number of rotatable bonds is 11. The fourth-order valence-electron chi connectivity index (χ4n) is 3.30. The first kappa shape index (κ1) is 22.5. The molecule has 0 saturated carbocycles. The van der Waals surface area contributed by atoms with E-state index >= 15 is 0 Å². The molecule has 2 atom stereocenters. The second kappa shape index (κ2) is 12.6. The molecule has 0 aliphatic carbocycles. The van der Waals surface area contributed by atoms with E-state index in [0.29, 0.717) is 25.8 Å². The molecule has 0 spiro atoms. The van der Waals surface area contributed by atoms with Gasteiger partial charge in [-0.05, 0) is 30.6 Å². The molecule has 0 radical (unpaired) electrons. The quantitative estimate of drug-likeness (QED) is 0.348. The number of hydrogen-bond acceptors (Lipinski definition) is 5. The minimum Gasteiger partial charge on any atom is -0.469 e. The Kier molecular flexibility index (Phi) is 10.1. The van der Waals surface area contributed by atoms with Gasteiger partial charge in [0.05, 0.1) is 19.3 Å². The standard InChI is InChI=1S/C22H31NO4S/c1-27-22(26)11-6-15-28-16-14-23-19(9-5-10-21(23)25)12-13-20(24)17-18-7-3-2-4-8-18/h2-4,7-8,12-13,19-20,24H,5-6,9-11,14-17H2,1H3/b13-12+/t19-,20?/m1/s1. The number of hydrogen-bond donors (Lipinski definition) is 1. The van der Waals surface area contributed by atoms with Gasteiger partial charge in [0.1, 0.15) is 0 Å². The maximum atomic E-state index is 12.3. The lowest BCUT2D eigenvalue weighted by atomic mass is 10.00. The Morgan fingerprint density at radius 1 is 1.36 bits per heavy atom. The van der Waals surface area contributed by atoms with Gasteiger partial charge in [-0.25, -0.2) is 0 Å². The molecule has 1 saturated heterocycles. The van der Waals surface area contributed by atoms with Gasteiger partial charge in [-0.15, -0.1) is 0 Å². The van der Waals surface area contributed by atoms with E-state index in [9.17, 15) is 14.7 Å². The molecule has 1 heterocycles. The van der Waals surface area contributed by atoms with Crippen LogP contribution in [-0.4, -0.2) is 59.2 Å². The summed E-state index contributed by atoms with van der Waals surface area (Å²) in [7, 11) is 1.40. The number of carbonyl (C=O) groups excluding carboxylic acids is 2. The third kappa shape index (κ3) is 8.07. The Balaban J connectivity index is 1.77. The lowest BCUT2D eigenvalue weighted by Gasteiger charge is -2.34. The molecule has 1 aliphatic heterocycles. The average Bonchev–Trinajstić information content (AvgIpc) is 2.70. The zero-order valence-corrected chi connectivity index (χ0v) is 17.4. The first-order valence-corrected chi connectivity index (χ1v) is 11.1. The molecule has 1 amide bonds. The lowest BCUT2D eigenvalue weighted by Crippen LogP contribution is -2.43. The predicted molar refractivity (Wildman–Crippen MR) is 113 cm³/mol. The molecule has 2 rings (SSSR count). The fraction of sp³-hybridized carbons (Fsp3) is 0.545. The van der Waals surface area contributed by atoms with E-state index < -0.39 is 6.10 Å². The number of carbonyl (C=O) groups is 2. The monoisotopic (exact) mass is 405 g/mol. The van der Waals surface area contributed by atoms with Crippen LogP contribution >= 0.6 is 11.8 Å². The summed E-state index contributed by atoms with van der Waals surface area (Å²) < 4.78 is 4.63. The molecule has 5 nitrogen and oxygen atoms in total. The summed E-state index contributed by atoms with van der Waals surface area (Å²) in [6, 6.07) is 9.97. The fourth-order valence-corrected chi connectivity index (χ4v) is 4.18. The highest BCUT2D eigenvalue weighted by Crippen LogP contribution is 2.20. The van der Waals surface area contributed by atoms with Crippen molar-refractivity contribution in [3.8, 4) is 0 Å². The van der Waals surface area contributed by atoms with Crippen molar-refractivity contribution >= 4 is 23.6 Å². The molecule has 1 aliphatic rings. The normalized spacial score (nSPS) is 18.4. The first-order valence-electron chi connectivity index (χ1n) is 9.94. The predicted octanol–water partition coefficient (Wildman–Crippen LogP) is 3.21. The summed E-state index contributed by atoms with van der Waals surface area (Å²) in [6.45, 7) is 0.700. The van der Waals surface area contributed by atoms with E-state index in [1.54, 1.807) is 11.8 Å². The van der Waals surface area contributed by atoms with Crippen LogP contribution in [0.5, 0.6) is 0 Å². The van der Waals surface area contributed by atoms with Gasteiger partial charge in [-0.3, -0.25) is 9.59 Å². The number of likely N-dealkylation sites (tertiary alicyclic amines) is 1. The van der Waals surface area contributed by atoms with E-state index in [2.05, 4.69) is 4.74 Å². The van der Waals surface area contributed by atoms with Crippen molar-refractivity contribution in [2.75, 3.05) is 25.2 Å². The molecule has 1 N–H and O–H groups in total. The highest BCUT2D eigenvalue weighted by Gasteiger charge is 2.25. The largest absolute Gasteiger partial charge is 0.469 e. The Morgan fingerprint density at radius 3 is 2.89 bits per heavy atom. The molecule has 28 heavy (non-hydrogen) atoms. The van der Waals surface area contributed by atoms with Crippen molar-refractivity contribution < 1.29 is 19.4 Å². The number of amides is 1. The van der Waals surface area contributed by atoms with Gasteiger partial charge in [-0.1, -0.05) is 42.5 Å². The molecule has 1 fully saturated rings. The maximum Gasteiger partial charge on any atom is 0.305 e. The van der Waals surface area contributed by atoms with Crippen LogP contribution in [0.4, 0.5) is 0 Å². The van der Waals surface area contributed by atoms with Gasteiger partial charge in [-0.2, -0.15) is 11.8 Å². The van der Waals surface area contributed by atoms with Gasteiger partial charge in [0, 0.05) is 31.6 Å². The zero-order valence-electron chi connectivity index (χ0n) is 16.6. The van der Waals surface area contributed by atoms with Crippen molar-refractivity contribution in [1.29, 1.82) is 0 Å². The SMILES string of the molecule is COC(=O)CCCSCCN1C(=O)CCC[C@@H]1/C=C/C(O)Cc1ccccc1. The lowest BCUT2D eigenvalue weighted by molar-refractivity contribution is -0.140. The van der Waals surface area contributed by atoms with Gasteiger partial charge in [0.25, 0.3) is 0 Å². The number of piperidine rings is 1. The third-order valence-corrected chi connectivity index (χ3v) is 5.88. The molecular formula is C22H31NO4S. The summed E-state index contributed by atoms with van der Waals surface area (Å²) >= 11 is 1.75. The van der Waals surface area contributed by atoms with Gasteiger partial charge >= 0.3 is 5.97 Å². The van der Waals surface area contributed by atoms with Gasteiger partial charge in [0.15, 0.2) is 0 Å². The Hall–Kier alpha value is -1.79. The van der Waals surface area contributed by atoms with Crippen molar-refractivity contribution in [1.82, 2.24) is 4.90 Å². The molecule has 1 unspecified atom stereocenters. The highest BCUT2D eigenvalue weighted by atomic mass is 32.2. The topological polar surface area (TPSA) is 66.8 Å². The second-order valence-electron chi connectivity index (χ2n) is 6.98. The van der Waals surface area contributed by atoms with E-state index in [-0.39, 0.29) is 17.9 Å². The van der Waals surface area contributed by atoms with Crippen molar-refractivity contribution in [2.24, 2.45) is 0 Å². The zero-order chi connectivity index (χ0) is 20.2. The highest BCUT2D eigenvalue weighted by molar-refractivity contribution is 7.99. The van der Waals surface area contributed by atoms with Crippen LogP contribution in [0.15, 0.2) is 42.5 Å². The Labute approximate surface area is 172 Å². The van der Waals surface area contributed by atoms with Crippen LogP contribution in [0.2, 0.25) is 0 Å². The molecule has 154 valence electrons. The van der Waals surface area contributed by atoms with E-state index in [0.717, 1.165) is 36.3 Å². The number of aliphatic hydroxyl groups excluding tert-OH is 1. The van der Waals surface area contributed by atoms with E-state index in [1.165, 1.54) is 7.11 Å². The number of thioether (sulfide) groups is 1. The number of aliphatic hydroxyl groups is 1. The van der Waals surface area contributed by atoms with Gasteiger partial charge < -0.3 is 14.7 Å². The smallest absolute Gasteiger partial charge is 0.305 e. The molecule has 0 bridgehead atoms. The third-order valence-electron chi connectivity index (χ3n) is 4.83. The van der Waals surface area contributed by atoms with Crippen molar-refractivity contribution in [2.45, 2.75) is 50.7 Å². The van der Waals surface area contributed by atoms with Crippen molar-refractivity contribution in [3.05, 3.63) is 48.0 Å². The van der Waals surface area contributed by atoms with Crippen LogP contribution < -0.4 is 0 Å². The summed E-state index contributed by atoms with van der Waals surface area (Å²) in [4.78, 5) is 25.4. The molecule has 0 aromatic heterocycles. The molecule has 1 aromatic rings. The van der Waals surface area contributed by atoms with Crippen LogP contribution in [-0.2, 0) is 20.7 Å². The average molecular weight is 406 g/mol. The van der Waals surface area contributed by atoms with Crippen LogP contribution in [0.3, 0.4) is 0 Å². The summed E-state index contributed by atoms with van der Waals surface area (Å²) in [6.07, 6.45) is 7.52. The summed E-state index contributed by atoms with van der Waals surface area (Å²) in [5.41, 5.74) is 1.10. The van der Waals surface area contributed by atoms with Crippen LogP contribution in [0.25, 0.3) is 0 Å². The number of nitrogens with zero attached hydrogens (tertiary/aromatic N) is 1. The van der Waals surface area contributed by atoms with E-state index in [1.807, 2.05) is 47.4 Å². The van der Waals surface area contributed by atoms with Gasteiger partial charge in [0.2, 0.25) is 5.91 Å². The van der Waals surface area contributed by atoms with E-state index in [4.69, 9.17) is 0 Å². The molecule has 1 aromatic carbocycles. The van der Waals surface area contributed by atoms with Crippen LogP contribution in [0.1, 0.15) is 37.7 Å².